The first-order chi connectivity index (χ1) is 17.5. The number of benzene rings is 2. The molecule has 8 nitrogen and oxygen atoms in total. The van der Waals surface area contributed by atoms with E-state index in [0.717, 1.165) is 23.8 Å². The van der Waals surface area contributed by atoms with Crippen LogP contribution in [0.5, 0.6) is 23.0 Å². The van der Waals surface area contributed by atoms with E-state index in [1.54, 1.807) is 35.4 Å². The van der Waals surface area contributed by atoms with Crippen molar-refractivity contribution in [2.75, 3.05) is 35.0 Å². The number of ether oxygens (including phenoxy) is 5. The highest BCUT2D eigenvalue weighted by atomic mass is 16.5. The molecular weight excluding hydrogens is 460 g/mol. The summed E-state index contributed by atoms with van der Waals surface area (Å²) in [6.45, 7) is 6.71. The van der Waals surface area contributed by atoms with Gasteiger partial charge in [0.15, 0.2) is 23.0 Å². The third-order valence-corrected chi connectivity index (χ3v) is 6.26. The van der Waals surface area contributed by atoms with Crippen LogP contribution in [0.15, 0.2) is 30.3 Å². The van der Waals surface area contributed by atoms with E-state index in [1.807, 2.05) is 30.3 Å². The maximum Gasteiger partial charge on any atom is 0.340 e. The number of hydrogen-bond acceptors (Lipinski definition) is 8. The van der Waals surface area contributed by atoms with Crippen molar-refractivity contribution < 1.29 is 28.5 Å². The van der Waals surface area contributed by atoms with Crippen LogP contribution < -0.4 is 24.3 Å². The lowest BCUT2D eigenvalue weighted by Crippen LogP contribution is -2.28. The number of nitrogens with zero attached hydrogens (tertiary/aromatic N) is 1. The number of hydrogen-bond donors (Lipinski definition) is 1. The Morgan fingerprint density at radius 1 is 0.861 bits per heavy atom. The zero-order valence-corrected chi connectivity index (χ0v) is 22.2. The average molecular weight is 497 g/mol. The van der Waals surface area contributed by atoms with Crippen LogP contribution in [0.2, 0.25) is 0 Å². The van der Waals surface area contributed by atoms with Crippen LogP contribution in [0.1, 0.15) is 49.7 Å². The molecule has 0 aliphatic carbocycles. The molecule has 3 aromatic rings. The molecule has 0 fully saturated rings. The van der Waals surface area contributed by atoms with Crippen LogP contribution >= 0.6 is 0 Å². The van der Waals surface area contributed by atoms with Gasteiger partial charge in [0.05, 0.1) is 51.8 Å². The van der Waals surface area contributed by atoms with E-state index >= 15 is 0 Å². The number of fused-ring (bicyclic) bond motifs is 1. The number of carbonyl (C=O) groups excluding carboxylic acids is 1. The van der Waals surface area contributed by atoms with E-state index in [4.69, 9.17) is 28.7 Å². The van der Waals surface area contributed by atoms with E-state index in [1.165, 1.54) is 0 Å². The molecule has 1 N–H and O–H groups in total. The van der Waals surface area contributed by atoms with Gasteiger partial charge in [-0.25, -0.2) is 4.79 Å². The molecule has 0 spiro atoms. The Kier molecular flexibility index (Phi) is 9.36. The highest BCUT2D eigenvalue weighted by Crippen LogP contribution is 2.41. The third-order valence-electron chi connectivity index (χ3n) is 6.26. The van der Waals surface area contributed by atoms with Crippen molar-refractivity contribution in [3.05, 3.63) is 41.6 Å². The molecule has 0 bridgehead atoms. The summed E-state index contributed by atoms with van der Waals surface area (Å²) in [7, 11) is 6.33. The molecule has 0 aliphatic heterocycles. The van der Waals surface area contributed by atoms with Crippen molar-refractivity contribution in [2.45, 2.75) is 46.2 Å². The molecule has 36 heavy (non-hydrogen) atoms. The molecule has 3 rings (SSSR count). The average Bonchev–Trinajstić information content (AvgIpc) is 2.91. The van der Waals surface area contributed by atoms with E-state index in [0.29, 0.717) is 57.9 Å². The normalized spacial score (nSPS) is 11.0. The molecule has 1 aromatic heterocycles. The predicted molar refractivity (Wildman–Crippen MR) is 141 cm³/mol. The van der Waals surface area contributed by atoms with Gasteiger partial charge >= 0.3 is 5.97 Å². The second-order valence-corrected chi connectivity index (χ2v) is 8.22. The molecule has 0 saturated heterocycles. The first-order valence-corrected chi connectivity index (χ1v) is 12.2. The summed E-state index contributed by atoms with van der Waals surface area (Å²) in [5, 5.41) is 4.27. The largest absolute Gasteiger partial charge is 0.493 e. The van der Waals surface area contributed by atoms with Gasteiger partial charge in [0.2, 0.25) is 0 Å². The summed E-state index contributed by atoms with van der Waals surface area (Å²) >= 11 is 0. The molecular formula is C28H36N2O6. The van der Waals surface area contributed by atoms with Gasteiger partial charge in [-0.05, 0) is 43.5 Å². The molecule has 0 saturated carbocycles. The van der Waals surface area contributed by atoms with Crippen molar-refractivity contribution in [3.8, 4) is 34.1 Å². The summed E-state index contributed by atoms with van der Waals surface area (Å²) in [5.74, 6) is 1.79. The monoisotopic (exact) mass is 496 g/mol. The molecule has 0 amide bonds. The van der Waals surface area contributed by atoms with Gasteiger partial charge in [0, 0.05) is 29.6 Å². The van der Waals surface area contributed by atoms with Gasteiger partial charge < -0.3 is 29.0 Å². The van der Waals surface area contributed by atoms with Crippen LogP contribution in [0, 0.1) is 0 Å². The summed E-state index contributed by atoms with van der Waals surface area (Å²) in [6, 6.07) is 9.53. The lowest BCUT2D eigenvalue weighted by Gasteiger charge is -2.21. The van der Waals surface area contributed by atoms with Crippen LogP contribution in [-0.4, -0.2) is 52.0 Å². The van der Waals surface area contributed by atoms with Gasteiger partial charge in [-0.2, -0.15) is 0 Å². The molecule has 0 atom stereocenters. The fourth-order valence-electron chi connectivity index (χ4n) is 4.30. The number of esters is 1. The molecule has 0 aliphatic rings. The van der Waals surface area contributed by atoms with E-state index in [9.17, 15) is 4.79 Å². The van der Waals surface area contributed by atoms with E-state index in [-0.39, 0.29) is 6.61 Å². The maximum atomic E-state index is 13.4. The van der Waals surface area contributed by atoms with Gasteiger partial charge in [-0.15, -0.1) is 0 Å². The Bertz CT molecular complexity index is 1210. The summed E-state index contributed by atoms with van der Waals surface area (Å²) in [6.07, 6.45) is 1.93. The maximum absolute atomic E-state index is 13.4. The second-order valence-electron chi connectivity index (χ2n) is 8.22. The molecule has 2 aromatic carbocycles. The van der Waals surface area contributed by atoms with Gasteiger partial charge in [0.1, 0.15) is 0 Å². The van der Waals surface area contributed by atoms with Gasteiger partial charge in [-0.1, -0.05) is 19.9 Å². The minimum Gasteiger partial charge on any atom is -0.493 e. The minimum absolute atomic E-state index is 0.244. The highest BCUT2D eigenvalue weighted by Gasteiger charge is 2.26. The van der Waals surface area contributed by atoms with E-state index in [2.05, 4.69) is 19.2 Å². The Hall–Kier alpha value is -3.52. The smallest absolute Gasteiger partial charge is 0.340 e. The fraction of sp³-hybridized carbons (Fsp3) is 0.429. The number of rotatable bonds is 12. The second kappa shape index (κ2) is 12.4. The van der Waals surface area contributed by atoms with Crippen molar-refractivity contribution >= 4 is 16.9 Å². The lowest BCUT2D eigenvalue weighted by atomic mass is 9.93. The van der Waals surface area contributed by atoms with Gasteiger partial charge in [-0.3, -0.25) is 4.98 Å². The third kappa shape index (κ3) is 5.49. The Morgan fingerprint density at radius 2 is 1.47 bits per heavy atom. The quantitative estimate of drug-likeness (QED) is 0.334. The van der Waals surface area contributed by atoms with E-state index < -0.39 is 5.97 Å². The SMILES string of the molecule is CCOC(=O)c1c(CNC(CC)CC)nc2cc(OC)c(OC)cc2c1-c1ccc(OC)c(OC)c1. The zero-order valence-electron chi connectivity index (χ0n) is 22.2. The minimum atomic E-state index is -0.437. The Balaban J connectivity index is 2.41. The van der Waals surface area contributed by atoms with Gasteiger partial charge in [0.25, 0.3) is 0 Å². The lowest BCUT2D eigenvalue weighted by molar-refractivity contribution is 0.0525. The van der Waals surface area contributed by atoms with Crippen LogP contribution in [-0.2, 0) is 11.3 Å². The van der Waals surface area contributed by atoms with Crippen molar-refractivity contribution in [1.82, 2.24) is 10.3 Å². The van der Waals surface area contributed by atoms with Crippen LogP contribution in [0.25, 0.3) is 22.0 Å². The summed E-state index contributed by atoms with van der Waals surface area (Å²) in [4.78, 5) is 18.4. The standard InChI is InChI=1S/C28H36N2O6/c1-8-18(9-2)29-16-21-27(28(31)36-10-3)26(17-11-12-22(32-4)23(13-17)33-5)19-14-24(34-6)25(35-7)15-20(19)30-21/h11-15,18,29H,8-10,16H2,1-7H3. The number of carbonyl (C=O) groups is 1. The van der Waals surface area contributed by atoms with Crippen LogP contribution in [0.4, 0.5) is 0 Å². The predicted octanol–water partition coefficient (Wildman–Crippen LogP) is 5.39. The van der Waals surface area contributed by atoms with Crippen LogP contribution in [0.3, 0.4) is 0 Å². The highest BCUT2D eigenvalue weighted by molar-refractivity contribution is 6.08. The Labute approximate surface area is 212 Å². The molecule has 8 heteroatoms. The topological polar surface area (TPSA) is 88.1 Å². The number of methoxy groups -OCH3 is 4. The number of pyridine rings is 1. The number of nitrogens with one attached hydrogen (secondary N) is 1. The summed E-state index contributed by atoms with van der Waals surface area (Å²) in [5.41, 5.74) is 3.12. The number of aromatic nitrogens is 1. The van der Waals surface area contributed by atoms with Crippen molar-refractivity contribution in [3.63, 3.8) is 0 Å². The first kappa shape index (κ1) is 27.1. The fourth-order valence-corrected chi connectivity index (χ4v) is 4.30. The Morgan fingerprint density at radius 3 is 2.06 bits per heavy atom. The molecule has 0 unspecified atom stereocenters. The molecule has 0 radical (unpaired) electrons. The zero-order chi connectivity index (χ0) is 26.2. The van der Waals surface area contributed by atoms with Crippen molar-refractivity contribution in [1.29, 1.82) is 0 Å². The molecule has 194 valence electrons. The van der Waals surface area contributed by atoms with Crippen molar-refractivity contribution in [2.24, 2.45) is 0 Å². The first-order valence-electron chi connectivity index (χ1n) is 12.2. The summed E-state index contributed by atoms with van der Waals surface area (Å²) < 4.78 is 27.6. The molecule has 1 heterocycles.